The molecular formula is C11H13BN2O2. The molecule has 0 saturated carbocycles. The van der Waals surface area contributed by atoms with E-state index in [4.69, 9.17) is 10.0 Å². The Labute approximate surface area is 94.8 Å². The van der Waals surface area contributed by atoms with Gasteiger partial charge in [-0.05, 0) is 30.4 Å². The number of anilines is 1. The van der Waals surface area contributed by atoms with E-state index < -0.39 is 7.12 Å². The second kappa shape index (κ2) is 5.90. The average molecular weight is 216 g/mol. The highest BCUT2D eigenvalue weighted by atomic mass is 16.4. The van der Waals surface area contributed by atoms with Gasteiger partial charge in [-0.15, -0.1) is 0 Å². The fraction of sp³-hybridized carbons (Fsp3) is 0. The van der Waals surface area contributed by atoms with E-state index >= 15 is 0 Å². The molecule has 0 aliphatic carbocycles. The molecule has 0 fully saturated rings. The smallest absolute Gasteiger partial charge is 0.423 e. The summed E-state index contributed by atoms with van der Waals surface area (Å²) in [7, 11) is -1.48. The Hall–Kier alpha value is -1.85. The summed E-state index contributed by atoms with van der Waals surface area (Å²) in [5.41, 5.74) is 1.11. The number of nitrogens with zero attached hydrogens (tertiary/aromatic N) is 1. The minimum atomic E-state index is -1.48. The molecule has 0 saturated heterocycles. The highest BCUT2D eigenvalue weighted by molar-refractivity contribution is 6.58. The van der Waals surface area contributed by atoms with Crippen molar-refractivity contribution >= 4 is 25.0 Å². The van der Waals surface area contributed by atoms with Gasteiger partial charge in [-0.25, -0.2) is 4.99 Å². The van der Waals surface area contributed by atoms with Crippen LogP contribution in [0.1, 0.15) is 0 Å². The van der Waals surface area contributed by atoms with Crippen LogP contribution in [0.3, 0.4) is 0 Å². The second-order valence-corrected chi connectivity index (χ2v) is 3.07. The number of nitrogens with one attached hydrogen (secondary N) is 1. The van der Waals surface area contributed by atoms with Gasteiger partial charge in [-0.3, -0.25) is 0 Å². The highest BCUT2D eigenvalue weighted by Gasteiger charge is 2.10. The highest BCUT2D eigenvalue weighted by Crippen LogP contribution is 2.08. The molecule has 4 nitrogen and oxygen atoms in total. The van der Waals surface area contributed by atoms with Crippen molar-refractivity contribution in [1.82, 2.24) is 0 Å². The van der Waals surface area contributed by atoms with Crippen LogP contribution in [0, 0.1) is 0 Å². The first kappa shape index (κ1) is 12.2. The molecule has 1 aromatic carbocycles. The molecule has 1 aromatic rings. The summed E-state index contributed by atoms with van der Waals surface area (Å²) in [5, 5.41) is 21.0. The summed E-state index contributed by atoms with van der Waals surface area (Å²) >= 11 is 0. The minimum absolute atomic E-state index is 0.409. The van der Waals surface area contributed by atoms with Crippen molar-refractivity contribution in [3.8, 4) is 0 Å². The first-order valence-electron chi connectivity index (χ1n) is 4.70. The largest absolute Gasteiger partial charge is 0.488 e. The molecule has 82 valence electrons. The van der Waals surface area contributed by atoms with E-state index in [2.05, 4.69) is 23.6 Å². The van der Waals surface area contributed by atoms with Crippen molar-refractivity contribution in [1.29, 1.82) is 0 Å². The van der Waals surface area contributed by atoms with E-state index in [1.54, 1.807) is 36.4 Å². The lowest BCUT2D eigenvalue weighted by atomic mass is 9.80. The minimum Gasteiger partial charge on any atom is -0.423 e. The maximum absolute atomic E-state index is 9.00. The van der Waals surface area contributed by atoms with Crippen LogP contribution in [-0.2, 0) is 0 Å². The molecule has 0 amide bonds. The van der Waals surface area contributed by atoms with Crippen molar-refractivity contribution in [3.05, 3.63) is 48.8 Å². The van der Waals surface area contributed by atoms with Crippen LogP contribution in [0.2, 0.25) is 0 Å². The van der Waals surface area contributed by atoms with E-state index in [1.165, 1.54) is 0 Å². The lowest BCUT2D eigenvalue weighted by Crippen LogP contribution is -2.29. The fourth-order valence-corrected chi connectivity index (χ4v) is 1.17. The van der Waals surface area contributed by atoms with Crippen molar-refractivity contribution < 1.29 is 10.0 Å². The standard InChI is InChI=1S/C11H13BN2O2/c1-3-5-11(13-2)14-10-7-4-6-9(8-10)12(15)16/h3-8,14-16H,1-2H2/b11-5+. The van der Waals surface area contributed by atoms with Gasteiger partial charge in [0.25, 0.3) is 0 Å². The van der Waals surface area contributed by atoms with Crippen molar-refractivity contribution in [2.75, 3.05) is 5.32 Å². The molecule has 0 aliphatic heterocycles. The van der Waals surface area contributed by atoms with E-state index in [0.29, 0.717) is 17.0 Å². The van der Waals surface area contributed by atoms with Gasteiger partial charge in [0.15, 0.2) is 0 Å². The molecule has 1 rings (SSSR count). The van der Waals surface area contributed by atoms with E-state index in [1.807, 2.05) is 0 Å². The van der Waals surface area contributed by atoms with Gasteiger partial charge < -0.3 is 15.4 Å². The third-order valence-electron chi connectivity index (χ3n) is 1.90. The van der Waals surface area contributed by atoms with Crippen LogP contribution < -0.4 is 10.8 Å². The molecule has 0 aliphatic rings. The number of benzene rings is 1. The molecule has 5 heteroatoms. The Morgan fingerprint density at radius 2 is 2.19 bits per heavy atom. The molecule has 16 heavy (non-hydrogen) atoms. The Morgan fingerprint density at radius 1 is 1.44 bits per heavy atom. The molecule has 0 radical (unpaired) electrons. The molecular weight excluding hydrogens is 203 g/mol. The van der Waals surface area contributed by atoms with E-state index in [-0.39, 0.29) is 0 Å². The van der Waals surface area contributed by atoms with Gasteiger partial charge in [-0.1, -0.05) is 24.8 Å². The van der Waals surface area contributed by atoms with E-state index in [9.17, 15) is 0 Å². The Bertz CT molecular complexity index is 416. The maximum atomic E-state index is 9.00. The average Bonchev–Trinajstić information content (AvgIpc) is 2.29. The van der Waals surface area contributed by atoms with Crippen molar-refractivity contribution in [2.24, 2.45) is 4.99 Å². The van der Waals surface area contributed by atoms with Crippen LogP contribution in [0.4, 0.5) is 5.69 Å². The third-order valence-corrected chi connectivity index (χ3v) is 1.90. The van der Waals surface area contributed by atoms with Crippen molar-refractivity contribution in [3.63, 3.8) is 0 Å². The third kappa shape index (κ3) is 3.38. The Morgan fingerprint density at radius 3 is 2.75 bits per heavy atom. The molecule has 0 bridgehead atoms. The number of rotatable bonds is 5. The van der Waals surface area contributed by atoms with Crippen LogP contribution in [0.5, 0.6) is 0 Å². The van der Waals surface area contributed by atoms with Gasteiger partial charge >= 0.3 is 7.12 Å². The molecule has 3 N–H and O–H groups in total. The fourth-order valence-electron chi connectivity index (χ4n) is 1.17. The number of aliphatic imine (C=N–C) groups is 1. The molecule has 0 unspecified atom stereocenters. The first-order chi connectivity index (χ1) is 7.67. The molecule has 0 heterocycles. The van der Waals surface area contributed by atoms with Gasteiger partial charge in [0, 0.05) is 5.69 Å². The van der Waals surface area contributed by atoms with Crippen molar-refractivity contribution in [2.45, 2.75) is 0 Å². The summed E-state index contributed by atoms with van der Waals surface area (Å²) in [6.45, 7) is 6.96. The monoisotopic (exact) mass is 216 g/mol. The zero-order valence-electron chi connectivity index (χ0n) is 8.80. The maximum Gasteiger partial charge on any atom is 0.488 e. The summed E-state index contributed by atoms with van der Waals surface area (Å²) in [6, 6.07) is 6.74. The van der Waals surface area contributed by atoms with Gasteiger partial charge in [0.05, 0.1) is 0 Å². The molecule has 0 aromatic heterocycles. The molecule has 0 spiro atoms. The Balaban J connectivity index is 2.88. The zero-order chi connectivity index (χ0) is 12.0. The summed E-state index contributed by atoms with van der Waals surface area (Å²) in [5.74, 6) is 0.541. The quantitative estimate of drug-likeness (QED) is 0.381. The number of hydrogen-bond donors (Lipinski definition) is 3. The van der Waals surface area contributed by atoms with Crippen LogP contribution in [0.25, 0.3) is 0 Å². The molecule has 0 atom stereocenters. The van der Waals surface area contributed by atoms with Gasteiger partial charge in [0.1, 0.15) is 5.82 Å². The van der Waals surface area contributed by atoms with E-state index in [0.717, 1.165) is 0 Å². The predicted molar refractivity (Wildman–Crippen MR) is 67.7 cm³/mol. The van der Waals surface area contributed by atoms with Gasteiger partial charge in [-0.2, -0.15) is 0 Å². The zero-order valence-corrected chi connectivity index (χ0v) is 8.80. The first-order valence-corrected chi connectivity index (χ1v) is 4.70. The second-order valence-electron chi connectivity index (χ2n) is 3.07. The summed E-state index contributed by atoms with van der Waals surface area (Å²) in [6.07, 6.45) is 3.25. The number of hydrogen-bond acceptors (Lipinski definition) is 4. The lowest BCUT2D eigenvalue weighted by molar-refractivity contribution is 0.426. The van der Waals surface area contributed by atoms with Crippen LogP contribution >= 0.6 is 0 Å². The summed E-state index contributed by atoms with van der Waals surface area (Å²) < 4.78 is 0. The SMILES string of the molecule is C=C/C=C(\N=C)Nc1cccc(B(O)O)c1. The van der Waals surface area contributed by atoms with Gasteiger partial charge in [0.2, 0.25) is 0 Å². The normalized spacial score (nSPS) is 10.8. The topological polar surface area (TPSA) is 64.9 Å². The predicted octanol–water partition coefficient (Wildman–Crippen LogP) is 0.506. The summed E-state index contributed by atoms with van der Waals surface area (Å²) in [4.78, 5) is 3.75. The Kier molecular flexibility index (Phi) is 4.51. The van der Waals surface area contributed by atoms with Crippen LogP contribution in [0.15, 0.2) is 53.8 Å². The number of allylic oxidation sites excluding steroid dienone is 2. The van der Waals surface area contributed by atoms with Crippen LogP contribution in [-0.4, -0.2) is 23.9 Å². The lowest BCUT2D eigenvalue weighted by Gasteiger charge is -2.07.